The van der Waals surface area contributed by atoms with Crippen molar-refractivity contribution in [1.29, 1.82) is 0 Å². The summed E-state index contributed by atoms with van der Waals surface area (Å²) in [6.07, 6.45) is 4.33. The first kappa shape index (κ1) is 17.6. The molecule has 10 heteroatoms. The Bertz CT molecular complexity index is 910. The lowest BCUT2D eigenvalue weighted by atomic mass is 9.81. The first-order chi connectivity index (χ1) is 12.3. The molecule has 2 aromatic heterocycles. The van der Waals surface area contributed by atoms with Crippen molar-refractivity contribution < 1.29 is 17.2 Å². The summed E-state index contributed by atoms with van der Waals surface area (Å²) in [6.45, 7) is -0.768. The summed E-state index contributed by atoms with van der Waals surface area (Å²) in [5, 5.41) is 0.922. The Hall–Kier alpha value is -1.81. The summed E-state index contributed by atoms with van der Waals surface area (Å²) in [5.74, 6) is -2.16. The zero-order valence-electron chi connectivity index (χ0n) is 14.4. The van der Waals surface area contributed by atoms with Gasteiger partial charge >= 0.3 is 0 Å². The van der Waals surface area contributed by atoms with Crippen LogP contribution in [-0.4, -0.2) is 65.5 Å². The van der Waals surface area contributed by atoms with Crippen LogP contribution < -0.4 is 4.90 Å². The van der Waals surface area contributed by atoms with E-state index in [2.05, 4.69) is 15.0 Å². The molecule has 0 unspecified atom stereocenters. The maximum Gasteiger partial charge on any atom is 0.262 e. The Balaban J connectivity index is 1.37. The number of H-pyrrole nitrogens is 1. The van der Waals surface area contributed by atoms with Crippen LogP contribution in [0.4, 0.5) is 14.6 Å². The maximum atomic E-state index is 13.3. The predicted molar refractivity (Wildman–Crippen MR) is 93.7 cm³/mol. The monoisotopic (exact) mass is 385 g/mol. The summed E-state index contributed by atoms with van der Waals surface area (Å²) in [6, 6.07) is 2.10. The van der Waals surface area contributed by atoms with Crippen LogP contribution in [0.25, 0.3) is 11.0 Å². The van der Waals surface area contributed by atoms with Gasteiger partial charge in [-0.1, -0.05) is 0 Å². The van der Waals surface area contributed by atoms with E-state index >= 15 is 0 Å². The molecule has 3 heterocycles. The molecule has 142 valence electrons. The number of nitrogens with zero attached hydrogens (tertiary/aromatic N) is 4. The van der Waals surface area contributed by atoms with Gasteiger partial charge in [-0.25, -0.2) is 27.2 Å². The molecule has 1 saturated heterocycles. The highest BCUT2D eigenvalue weighted by Gasteiger charge is 2.45. The van der Waals surface area contributed by atoms with E-state index < -0.39 is 22.5 Å². The Morgan fingerprint density at radius 1 is 1.38 bits per heavy atom. The number of rotatable bonds is 5. The van der Waals surface area contributed by atoms with Crippen LogP contribution in [0.2, 0.25) is 0 Å². The third-order valence-corrected chi connectivity index (χ3v) is 7.39. The van der Waals surface area contributed by atoms with Crippen LogP contribution in [0.1, 0.15) is 19.3 Å². The van der Waals surface area contributed by atoms with E-state index in [1.54, 1.807) is 6.20 Å². The molecule has 1 saturated carbocycles. The predicted octanol–water partition coefficient (Wildman–Crippen LogP) is 1.84. The van der Waals surface area contributed by atoms with Crippen molar-refractivity contribution in [1.82, 2.24) is 19.3 Å². The lowest BCUT2D eigenvalue weighted by Gasteiger charge is -2.42. The number of halogens is 2. The average Bonchev–Trinajstić information content (AvgIpc) is 3.15. The fourth-order valence-electron chi connectivity index (χ4n) is 3.81. The second-order valence-electron chi connectivity index (χ2n) is 7.26. The first-order valence-corrected chi connectivity index (χ1v) is 10.2. The van der Waals surface area contributed by atoms with E-state index in [0.717, 1.165) is 21.2 Å². The molecule has 0 amide bonds. The van der Waals surface area contributed by atoms with Crippen LogP contribution in [0.15, 0.2) is 18.6 Å². The SMILES string of the molecule is CN(c1ncnc2[nH]ccc12)C1CC(CS(=O)(=O)N2CCC(F)(F)C2)C1. The van der Waals surface area contributed by atoms with E-state index in [1.807, 2.05) is 18.0 Å². The minimum Gasteiger partial charge on any atom is -0.356 e. The van der Waals surface area contributed by atoms with E-state index in [9.17, 15) is 17.2 Å². The Labute approximate surface area is 150 Å². The molecule has 0 atom stereocenters. The summed E-state index contributed by atoms with van der Waals surface area (Å²) in [4.78, 5) is 13.6. The number of nitrogens with one attached hydrogen (secondary N) is 1. The zero-order valence-corrected chi connectivity index (χ0v) is 15.2. The van der Waals surface area contributed by atoms with Crippen molar-refractivity contribution >= 4 is 26.9 Å². The largest absolute Gasteiger partial charge is 0.356 e. The third-order valence-electron chi connectivity index (χ3n) is 5.40. The number of hydrogen-bond acceptors (Lipinski definition) is 5. The molecule has 26 heavy (non-hydrogen) atoms. The summed E-state index contributed by atoms with van der Waals surface area (Å²) in [5.41, 5.74) is 0.760. The number of anilines is 1. The molecular formula is C16H21F2N5O2S. The number of sulfonamides is 1. The molecule has 0 radical (unpaired) electrons. The number of hydrogen-bond donors (Lipinski definition) is 1. The van der Waals surface area contributed by atoms with Crippen molar-refractivity contribution in [3.05, 3.63) is 18.6 Å². The second-order valence-corrected chi connectivity index (χ2v) is 9.27. The van der Waals surface area contributed by atoms with Gasteiger partial charge in [0.1, 0.15) is 17.8 Å². The highest BCUT2D eigenvalue weighted by molar-refractivity contribution is 7.89. The third kappa shape index (κ3) is 3.16. The number of aromatic amines is 1. The van der Waals surface area contributed by atoms with Crippen LogP contribution in [0.3, 0.4) is 0 Å². The molecule has 0 aromatic carbocycles. The van der Waals surface area contributed by atoms with Gasteiger partial charge in [0.25, 0.3) is 5.92 Å². The van der Waals surface area contributed by atoms with Crippen molar-refractivity contribution in [3.63, 3.8) is 0 Å². The topological polar surface area (TPSA) is 82.2 Å². The van der Waals surface area contributed by atoms with Gasteiger partial charge in [-0.2, -0.15) is 4.31 Å². The van der Waals surface area contributed by atoms with Crippen LogP contribution in [0, 0.1) is 5.92 Å². The van der Waals surface area contributed by atoms with Crippen molar-refractivity contribution in [2.24, 2.45) is 5.92 Å². The molecule has 4 rings (SSSR count). The lowest BCUT2D eigenvalue weighted by Crippen LogP contribution is -2.47. The van der Waals surface area contributed by atoms with Gasteiger partial charge in [0.2, 0.25) is 10.0 Å². The van der Waals surface area contributed by atoms with Gasteiger partial charge in [0, 0.05) is 32.3 Å². The van der Waals surface area contributed by atoms with Crippen molar-refractivity contribution in [2.45, 2.75) is 31.2 Å². The average molecular weight is 385 g/mol. The van der Waals surface area contributed by atoms with Gasteiger partial charge in [-0.3, -0.25) is 0 Å². The Morgan fingerprint density at radius 2 is 2.15 bits per heavy atom. The van der Waals surface area contributed by atoms with Crippen molar-refractivity contribution in [3.8, 4) is 0 Å². The van der Waals surface area contributed by atoms with E-state index in [1.165, 1.54) is 6.33 Å². The van der Waals surface area contributed by atoms with Crippen molar-refractivity contribution in [2.75, 3.05) is 30.8 Å². The molecular weight excluding hydrogens is 364 g/mol. The zero-order chi connectivity index (χ0) is 18.5. The Morgan fingerprint density at radius 3 is 2.85 bits per heavy atom. The first-order valence-electron chi connectivity index (χ1n) is 8.62. The minimum absolute atomic E-state index is 0.00905. The lowest BCUT2D eigenvalue weighted by molar-refractivity contribution is 0.0183. The number of alkyl halides is 2. The van der Waals surface area contributed by atoms with E-state index in [-0.39, 0.29) is 30.7 Å². The second kappa shape index (κ2) is 6.12. The fraction of sp³-hybridized carbons (Fsp3) is 0.625. The van der Waals surface area contributed by atoms with Gasteiger partial charge in [0.05, 0.1) is 17.7 Å². The molecule has 1 aliphatic heterocycles. The summed E-state index contributed by atoms with van der Waals surface area (Å²) >= 11 is 0. The molecule has 2 fully saturated rings. The van der Waals surface area contributed by atoms with Gasteiger partial charge in [-0.05, 0) is 24.8 Å². The minimum atomic E-state index is -3.63. The van der Waals surface area contributed by atoms with Crippen LogP contribution in [0.5, 0.6) is 0 Å². The van der Waals surface area contributed by atoms with Gasteiger partial charge in [0.15, 0.2) is 0 Å². The Kier molecular flexibility index (Phi) is 4.14. The number of fused-ring (bicyclic) bond motifs is 1. The molecule has 0 spiro atoms. The molecule has 7 nitrogen and oxygen atoms in total. The summed E-state index contributed by atoms with van der Waals surface area (Å²) < 4.78 is 52.2. The number of aromatic nitrogens is 3. The molecule has 1 N–H and O–H groups in total. The van der Waals surface area contributed by atoms with Crippen LogP contribution >= 0.6 is 0 Å². The van der Waals surface area contributed by atoms with E-state index in [0.29, 0.717) is 12.8 Å². The normalized spacial score (nSPS) is 26.1. The van der Waals surface area contributed by atoms with E-state index in [4.69, 9.17) is 0 Å². The quantitative estimate of drug-likeness (QED) is 0.849. The molecule has 1 aliphatic carbocycles. The standard InChI is InChI=1S/C16H21F2N5O2S/c1-22(15-13-2-4-19-14(13)20-10-21-15)12-6-11(7-12)8-26(24,25)23-5-3-16(17,18)9-23/h2,4,10-12H,3,5-9H2,1H3,(H,19,20,21). The highest BCUT2D eigenvalue weighted by Crippen LogP contribution is 2.37. The fourth-order valence-corrected chi connectivity index (χ4v) is 5.64. The molecule has 2 aliphatic rings. The summed E-state index contributed by atoms with van der Waals surface area (Å²) in [7, 11) is -1.69. The highest BCUT2D eigenvalue weighted by atomic mass is 32.2. The van der Waals surface area contributed by atoms with Crippen LogP contribution in [-0.2, 0) is 10.0 Å². The smallest absolute Gasteiger partial charge is 0.262 e. The molecule has 2 aromatic rings. The van der Waals surface area contributed by atoms with Gasteiger partial charge < -0.3 is 9.88 Å². The molecule has 0 bridgehead atoms. The maximum absolute atomic E-state index is 13.3. The van der Waals surface area contributed by atoms with Gasteiger partial charge in [-0.15, -0.1) is 0 Å².